The number of nitrogens with zero attached hydrogens (tertiary/aromatic N) is 4. The number of ether oxygens (including phenoxy) is 3. The number of aromatic nitrogens is 1. The number of piperazine rings is 1. The minimum Gasteiger partial charge on any atom is -0.444 e. The molecule has 0 radical (unpaired) electrons. The van der Waals surface area contributed by atoms with Crippen LogP contribution in [0.3, 0.4) is 0 Å². The Morgan fingerprint density at radius 1 is 0.873 bits per heavy atom. The van der Waals surface area contributed by atoms with E-state index in [4.69, 9.17) is 14.2 Å². The molecule has 5 rings (SSSR count). The second-order valence-corrected chi connectivity index (χ2v) is 15.4. The van der Waals surface area contributed by atoms with Gasteiger partial charge in [0, 0.05) is 51.2 Å². The van der Waals surface area contributed by atoms with Crippen molar-refractivity contribution in [2.24, 2.45) is 5.92 Å². The SMILES string of the molecule is C[C@@H](C(=O)N[C@@H](C(=O)N1CCN(C(=O)c2cc3cc(F)c(F)cc3n2CCOCCOCc2ccccc2)CC1)C1CCCCC1)N(C)C(=O)OC(C)(C)C. The van der Waals surface area contributed by atoms with Gasteiger partial charge >= 0.3 is 6.09 Å². The van der Waals surface area contributed by atoms with Crippen LogP contribution >= 0.6 is 0 Å². The van der Waals surface area contributed by atoms with E-state index in [-0.39, 0.29) is 62.8 Å². The molecule has 3 aromatic rings. The molecule has 300 valence electrons. The van der Waals surface area contributed by atoms with Crippen molar-refractivity contribution in [3.05, 3.63) is 71.4 Å². The maximum atomic E-state index is 14.4. The average molecular weight is 768 g/mol. The summed E-state index contributed by atoms with van der Waals surface area (Å²) in [6.45, 7) is 9.35. The lowest BCUT2D eigenvalue weighted by molar-refractivity contribution is -0.140. The van der Waals surface area contributed by atoms with E-state index in [9.17, 15) is 28.0 Å². The first-order valence-electron chi connectivity index (χ1n) is 19.3. The molecule has 2 fully saturated rings. The van der Waals surface area contributed by atoms with E-state index in [0.717, 1.165) is 49.8 Å². The number of amides is 4. The van der Waals surface area contributed by atoms with E-state index in [1.807, 2.05) is 30.3 Å². The molecule has 0 spiro atoms. The predicted molar refractivity (Wildman–Crippen MR) is 203 cm³/mol. The van der Waals surface area contributed by atoms with Crippen LogP contribution in [0.1, 0.15) is 75.9 Å². The summed E-state index contributed by atoms with van der Waals surface area (Å²) in [5.41, 5.74) is 0.955. The van der Waals surface area contributed by atoms with Gasteiger partial charge in [0.05, 0.1) is 31.9 Å². The Morgan fingerprint density at radius 2 is 1.51 bits per heavy atom. The smallest absolute Gasteiger partial charge is 0.410 e. The Balaban J connectivity index is 1.21. The second kappa shape index (κ2) is 18.9. The highest BCUT2D eigenvalue weighted by Gasteiger charge is 2.38. The van der Waals surface area contributed by atoms with Crippen LogP contribution in [0.25, 0.3) is 10.9 Å². The Hall–Kier alpha value is -4.56. The largest absolute Gasteiger partial charge is 0.444 e. The number of nitrogens with one attached hydrogen (secondary N) is 1. The molecule has 14 heteroatoms. The lowest BCUT2D eigenvalue weighted by Crippen LogP contribution is -2.59. The van der Waals surface area contributed by atoms with Gasteiger partial charge < -0.3 is 33.9 Å². The van der Waals surface area contributed by atoms with Crippen molar-refractivity contribution in [2.45, 2.75) is 90.6 Å². The molecule has 1 aliphatic heterocycles. The fraction of sp³-hybridized carbons (Fsp3) is 0.561. The Kier molecular flexibility index (Phi) is 14.3. The van der Waals surface area contributed by atoms with Crippen molar-refractivity contribution in [3.63, 3.8) is 0 Å². The normalized spacial score (nSPS) is 16.5. The van der Waals surface area contributed by atoms with Crippen molar-refractivity contribution >= 4 is 34.7 Å². The molecule has 1 aromatic heterocycles. The van der Waals surface area contributed by atoms with Crippen LogP contribution in [-0.4, -0.2) is 114 Å². The molecule has 2 aliphatic rings. The standard InChI is InChI=1S/C41H55F2N5O7/c1-28(45(5)40(52)55-41(2,3)4)37(49)44-36(30-14-10-7-11-15-30)39(51)47-18-16-46(17-19-47)38(50)35-25-31-24-32(42)33(43)26-34(31)48(35)20-21-53-22-23-54-27-29-12-8-6-9-13-29/h6,8-9,12-13,24-26,28,30,36H,7,10-11,14-23,27H2,1-5H3,(H,44,49)/t28-,36+/m0/s1. The number of hydrogen-bond donors (Lipinski definition) is 1. The third-order valence-corrected chi connectivity index (χ3v) is 10.3. The van der Waals surface area contributed by atoms with Crippen molar-refractivity contribution in [3.8, 4) is 0 Å². The maximum absolute atomic E-state index is 14.4. The summed E-state index contributed by atoms with van der Waals surface area (Å²) < 4.78 is 47.2. The van der Waals surface area contributed by atoms with Gasteiger partial charge in [-0.15, -0.1) is 0 Å². The molecule has 2 heterocycles. The van der Waals surface area contributed by atoms with Gasteiger partial charge in [0.2, 0.25) is 11.8 Å². The molecule has 0 unspecified atom stereocenters. The zero-order valence-corrected chi connectivity index (χ0v) is 32.7. The van der Waals surface area contributed by atoms with Crippen molar-refractivity contribution < 1.29 is 42.2 Å². The molecule has 0 bridgehead atoms. The van der Waals surface area contributed by atoms with Crippen LogP contribution < -0.4 is 5.32 Å². The quantitative estimate of drug-likeness (QED) is 0.207. The lowest BCUT2D eigenvalue weighted by atomic mass is 9.83. The van der Waals surface area contributed by atoms with Gasteiger partial charge in [-0.05, 0) is 64.2 Å². The fourth-order valence-corrected chi connectivity index (χ4v) is 7.09. The molecule has 1 saturated carbocycles. The van der Waals surface area contributed by atoms with E-state index < -0.39 is 41.3 Å². The number of benzene rings is 2. The van der Waals surface area contributed by atoms with Crippen LogP contribution in [0.4, 0.5) is 13.6 Å². The molecule has 2 aromatic carbocycles. The van der Waals surface area contributed by atoms with E-state index in [1.54, 1.807) is 48.1 Å². The molecule has 2 atom stereocenters. The van der Waals surface area contributed by atoms with Gasteiger partial charge in [-0.3, -0.25) is 19.3 Å². The van der Waals surface area contributed by atoms with Gasteiger partial charge in [-0.2, -0.15) is 0 Å². The second-order valence-electron chi connectivity index (χ2n) is 15.4. The van der Waals surface area contributed by atoms with E-state index in [0.29, 0.717) is 30.7 Å². The first kappa shape index (κ1) is 41.6. The highest BCUT2D eigenvalue weighted by Crippen LogP contribution is 2.29. The summed E-state index contributed by atoms with van der Waals surface area (Å²) in [5, 5.41) is 3.36. The molecule has 1 saturated heterocycles. The van der Waals surface area contributed by atoms with Crippen LogP contribution in [0.15, 0.2) is 48.5 Å². The monoisotopic (exact) mass is 767 g/mol. The third-order valence-electron chi connectivity index (χ3n) is 10.3. The zero-order chi connectivity index (χ0) is 39.7. The summed E-state index contributed by atoms with van der Waals surface area (Å²) in [4.78, 5) is 58.8. The lowest BCUT2D eigenvalue weighted by Gasteiger charge is -2.39. The van der Waals surface area contributed by atoms with Crippen LogP contribution in [0.2, 0.25) is 0 Å². The summed E-state index contributed by atoms with van der Waals surface area (Å²) in [6, 6.07) is 11.8. The summed E-state index contributed by atoms with van der Waals surface area (Å²) in [6.07, 6.45) is 3.92. The minimum atomic E-state index is -1.02. The number of fused-ring (bicyclic) bond motifs is 1. The average Bonchev–Trinajstić information content (AvgIpc) is 3.51. The number of carbonyl (C=O) groups excluding carboxylic acids is 4. The van der Waals surface area contributed by atoms with Gasteiger partial charge in [0.15, 0.2) is 11.6 Å². The number of halogens is 2. The Morgan fingerprint density at radius 3 is 2.18 bits per heavy atom. The van der Waals surface area contributed by atoms with Crippen LogP contribution in [0.5, 0.6) is 0 Å². The maximum Gasteiger partial charge on any atom is 0.410 e. The van der Waals surface area contributed by atoms with Crippen LogP contribution in [0, 0.1) is 17.6 Å². The summed E-state index contributed by atoms with van der Waals surface area (Å²) in [7, 11) is 1.49. The molecule has 4 amide bonds. The van der Waals surface area contributed by atoms with Gasteiger partial charge in [-0.1, -0.05) is 49.6 Å². The van der Waals surface area contributed by atoms with Gasteiger partial charge in [0.25, 0.3) is 5.91 Å². The topological polar surface area (TPSA) is 123 Å². The third kappa shape index (κ3) is 11.0. The molecule has 55 heavy (non-hydrogen) atoms. The molecule has 1 N–H and O–H groups in total. The minimum absolute atomic E-state index is 0.0574. The van der Waals surface area contributed by atoms with Crippen molar-refractivity contribution in [1.29, 1.82) is 0 Å². The van der Waals surface area contributed by atoms with Crippen molar-refractivity contribution in [1.82, 2.24) is 24.6 Å². The van der Waals surface area contributed by atoms with Crippen LogP contribution in [-0.2, 0) is 37.0 Å². The first-order chi connectivity index (χ1) is 26.2. The van der Waals surface area contributed by atoms with Gasteiger partial charge in [0.1, 0.15) is 23.4 Å². The number of hydrogen-bond acceptors (Lipinski definition) is 7. The Bertz CT molecular complexity index is 1780. The molecule has 12 nitrogen and oxygen atoms in total. The Labute approximate surface area is 322 Å². The zero-order valence-electron chi connectivity index (χ0n) is 32.7. The van der Waals surface area contributed by atoms with E-state index in [1.165, 1.54) is 11.9 Å². The number of likely N-dealkylation sites (N-methyl/N-ethyl adjacent to an activating group) is 1. The fourth-order valence-electron chi connectivity index (χ4n) is 7.09. The van der Waals surface area contributed by atoms with Crippen molar-refractivity contribution in [2.75, 3.05) is 53.0 Å². The predicted octanol–water partition coefficient (Wildman–Crippen LogP) is 5.76. The van der Waals surface area contributed by atoms with E-state index >= 15 is 0 Å². The summed E-state index contributed by atoms with van der Waals surface area (Å²) >= 11 is 0. The number of rotatable bonds is 14. The molecule has 1 aliphatic carbocycles. The molecular weight excluding hydrogens is 712 g/mol. The highest BCUT2D eigenvalue weighted by molar-refractivity contribution is 5.99. The summed E-state index contributed by atoms with van der Waals surface area (Å²) in [5.74, 6) is -3.07. The number of carbonyl (C=O) groups is 4. The highest BCUT2D eigenvalue weighted by atomic mass is 19.2. The molecular formula is C41H55F2N5O7. The van der Waals surface area contributed by atoms with E-state index in [2.05, 4.69) is 5.32 Å². The van der Waals surface area contributed by atoms with Gasteiger partial charge in [-0.25, -0.2) is 13.6 Å². The first-order valence-corrected chi connectivity index (χ1v) is 19.3.